The summed E-state index contributed by atoms with van der Waals surface area (Å²) in [5.41, 5.74) is 1.47. The van der Waals surface area contributed by atoms with Gasteiger partial charge in [0.2, 0.25) is 0 Å². The van der Waals surface area contributed by atoms with Gasteiger partial charge < -0.3 is 18.7 Å². The van der Waals surface area contributed by atoms with Gasteiger partial charge in [-0.25, -0.2) is 4.79 Å². The summed E-state index contributed by atoms with van der Waals surface area (Å²) in [7, 11) is 3.11. The van der Waals surface area contributed by atoms with Crippen LogP contribution in [-0.4, -0.2) is 25.3 Å². The number of ether oxygens (including phenoxy) is 3. The van der Waals surface area contributed by atoms with Crippen molar-refractivity contribution in [1.29, 1.82) is 0 Å². The fourth-order valence-corrected chi connectivity index (χ4v) is 2.93. The van der Waals surface area contributed by atoms with Gasteiger partial charge >= 0.3 is 5.97 Å². The first-order valence-corrected chi connectivity index (χ1v) is 8.57. The highest BCUT2D eigenvalue weighted by Crippen LogP contribution is 2.32. The summed E-state index contributed by atoms with van der Waals surface area (Å²) in [6.45, 7) is -0.0558. The molecule has 1 heterocycles. The number of aromatic nitrogens is 1. The van der Waals surface area contributed by atoms with E-state index in [0.717, 1.165) is 5.56 Å². The van der Waals surface area contributed by atoms with E-state index in [2.05, 4.69) is 5.16 Å². The van der Waals surface area contributed by atoms with Gasteiger partial charge in [-0.1, -0.05) is 28.4 Å². The summed E-state index contributed by atoms with van der Waals surface area (Å²) < 4.78 is 21.0. The Morgan fingerprint density at radius 2 is 1.70 bits per heavy atom. The first-order chi connectivity index (χ1) is 13.0. The van der Waals surface area contributed by atoms with Crippen LogP contribution in [0.5, 0.6) is 11.5 Å². The van der Waals surface area contributed by atoms with Gasteiger partial charge in [-0.15, -0.1) is 0 Å². The molecule has 140 valence electrons. The van der Waals surface area contributed by atoms with Crippen molar-refractivity contribution in [2.75, 3.05) is 14.2 Å². The topological polar surface area (TPSA) is 70.8 Å². The van der Waals surface area contributed by atoms with E-state index < -0.39 is 5.97 Å². The zero-order valence-electron chi connectivity index (χ0n) is 14.5. The van der Waals surface area contributed by atoms with Gasteiger partial charge in [0.15, 0.2) is 17.3 Å². The average Bonchev–Trinajstić information content (AvgIpc) is 3.13. The van der Waals surface area contributed by atoms with Crippen molar-refractivity contribution >= 4 is 29.2 Å². The molecule has 0 saturated carbocycles. The Hall–Kier alpha value is -2.70. The Balaban J connectivity index is 1.70. The van der Waals surface area contributed by atoms with E-state index in [1.165, 1.54) is 18.2 Å². The molecule has 3 aromatic rings. The van der Waals surface area contributed by atoms with E-state index >= 15 is 0 Å². The Morgan fingerprint density at radius 3 is 2.37 bits per heavy atom. The molecule has 0 fully saturated rings. The van der Waals surface area contributed by atoms with Crippen LogP contribution in [0.1, 0.15) is 16.1 Å². The van der Waals surface area contributed by atoms with Crippen molar-refractivity contribution in [3.05, 3.63) is 63.8 Å². The summed E-state index contributed by atoms with van der Waals surface area (Å²) in [4.78, 5) is 12.1. The van der Waals surface area contributed by atoms with Gasteiger partial charge in [-0.2, -0.15) is 0 Å². The van der Waals surface area contributed by atoms with E-state index in [4.69, 9.17) is 41.9 Å². The fraction of sp³-hybridized carbons (Fsp3) is 0.158. The first-order valence-electron chi connectivity index (χ1n) is 7.81. The molecule has 6 nitrogen and oxygen atoms in total. The van der Waals surface area contributed by atoms with E-state index in [1.54, 1.807) is 32.4 Å². The lowest BCUT2D eigenvalue weighted by Crippen LogP contribution is -2.05. The number of nitrogens with zero attached hydrogens (tertiary/aromatic N) is 1. The third-order valence-corrected chi connectivity index (χ3v) is 4.11. The molecule has 0 saturated heterocycles. The highest BCUT2D eigenvalue weighted by Gasteiger charge is 2.14. The van der Waals surface area contributed by atoms with Gasteiger partial charge in [-0.05, 0) is 36.4 Å². The molecule has 0 aliphatic heterocycles. The van der Waals surface area contributed by atoms with Gasteiger partial charge in [0.25, 0.3) is 0 Å². The molecule has 0 radical (unpaired) electrons. The van der Waals surface area contributed by atoms with Crippen LogP contribution in [0.25, 0.3) is 11.3 Å². The lowest BCUT2D eigenvalue weighted by Gasteiger charge is -2.07. The number of carbonyl (C=O) groups is 1. The van der Waals surface area contributed by atoms with Crippen molar-refractivity contribution < 1.29 is 23.5 Å². The van der Waals surface area contributed by atoms with Crippen LogP contribution in [0.4, 0.5) is 0 Å². The van der Waals surface area contributed by atoms with Crippen LogP contribution in [0, 0.1) is 0 Å². The lowest BCUT2D eigenvalue weighted by atomic mass is 10.1. The number of halogens is 2. The van der Waals surface area contributed by atoms with Crippen LogP contribution in [-0.2, 0) is 11.3 Å². The molecule has 0 spiro atoms. The van der Waals surface area contributed by atoms with Crippen molar-refractivity contribution in [2.45, 2.75) is 6.61 Å². The smallest absolute Gasteiger partial charge is 0.338 e. The molecule has 0 unspecified atom stereocenters. The fourth-order valence-electron chi connectivity index (χ4n) is 2.40. The molecule has 8 heteroatoms. The van der Waals surface area contributed by atoms with Crippen LogP contribution in [0.15, 0.2) is 47.0 Å². The highest BCUT2D eigenvalue weighted by molar-refractivity contribution is 6.35. The first kappa shape index (κ1) is 19.1. The number of rotatable bonds is 6. The SMILES string of the molecule is COc1ccc(-c2cc(COC(=O)c3cc(Cl)cc(Cl)c3)no2)cc1OC. The van der Waals surface area contributed by atoms with E-state index in [9.17, 15) is 4.79 Å². The van der Waals surface area contributed by atoms with Gasteiger partial charge in [0.05, 0.1) is 19.8 Å². The zero-order valence-corrected chi connectivity index (χ0v) is 16.0. The number of benzene rings is 2. The molecule has 0 aliphatic rings. The Bertz CT molecular complexity index is 950. The maximum Gasteiger partial charge on any atom is 0.338 e. The number of esters is 1. The quantitative estimate of drug-likeness (QED) is 0.534. The van der Waals surface area contributed by atoms with Crippen molar-refractivity contribution in [3.8, 4) is 22.8 Å². The van der Waals surface area contributed by atoms with Crippen LogP contribution in [0.2, 0.25) is 10.0 Å². The Labute approximate surface area is 165 Å². The van der Waals surface area contributed by atoms with Gasteiger partial charge in [0, 0.05) is 21.7 Å². The largest absolute Gasteiger partial charge is 0.493 e. The number of hydrogen-bond donors (Lipinski definition) is 0. The minimum Gasteiger partial charge on any atom is -0.493 e. The number of methoxy groups -OCH3 is 2. The van der Waals surface area contributed by atoms with Crippen LogP contribution >= 0.6 is 23.2 Å². The Kier molecular flexibility index (Phi) is 5.88. The predicted octanol–water partition coefficient (Wildman–Crippen LogP) is 5.02. The van der Waals surface area contributed by atoms with E-state index in [0.29, 0.717) is 33.0 Å². The van der Waals surface area contributed by atoms with E-state index in [1.807, 2.05) is 6.07 Å². The van der Waals surface area contributed by atoms with Crippen molar-refractivity contribution in [2.24, 2.45) is 0 Å². The maximum atomic E-state index is 12.1. The molecule has 0 N–H and O–H groups in total. The summed E-state index contributed by atoms with van der Waals surface area (Å²) in [5, 5.41) is 4.62. The summed E-state index contributed by atoms with van der Waals surface area (Å²) in [6, 6.07) is 11.5. The molecule has 2 aromatic carbocycles. The van der Waals surface area contributed by atoms with Crippen LogP contribution in [0.3, 0.4) is 0 Å². The summed E-state index contributed by atoms with van der Waals surface area (Å²) >= 11 is 11.8. The number of hydrogen-bond acceptors (Lipinski definition) is 6. The molecule has 0 amide bonds. The molecule has 0 aliphatic carbocycles. The van der Waals surface area contributed by atoms with Crippen LogP contribution < -0.4 is 9.47 Å². The molecular formula is C19H15Cl2NO5. The van der Waals surface area contributed by atoms with Gasteiger partial charge in [-0.3, -0.25) is 0 Å². The minimum absolute atomic E-state index is 0.0558. The second-order valence-electron chi connectivity index (χ2n) is 5.49. The lowest BCUT2D eigenvalue weighted by molar-refractivity contribution is 0.0464. The Morgan fingerprint density at radius 1 is 1.00 bits per heavy atom. The zero-order chi connectivity index (χ0) is 19.4. The molecule has 27 heavy (non-hydrogen) atoms. The standard InChI is InChI=1S/C19H15Cl2NO5/c1-24-16-4-3-11(7-18(16)25-2)17-9-15(22-27-17)10-26-19(23)12-5-13(20)8-14(21)6-12/h3-9H,10H2,1-2H3. The third kappa shape index (κ3) is 4.53. The predicted molar refractivity (Wildman–Crippen MR) is 101 cm³/mol. The number of carbonyl (C=O) groups excluding carboxylic acids is 1. The molecule has 0 bridgehead atoms. The maximum absolute atomic E-state index is 12.1. The van der Waals surface area contributed by atoms with Gasteiger partial charge in [0.1, 0.15) is 12.3 Å². The normalized spacial score (nSPS) is 10.5. The molecule has 0 atom stereocenters. The minimum atomic E-state index is -0.560. The summed E-state index contributed by atoms with van der Waals surface area (Å²) in [5.74, 6) is 1.12. The molecule has 1 aromatic heterocycles. The van der Waals surface area contributed by atoms with Crippen molar-refractivity contribution in [3.63, 3.8) is 0 Å². The highest BCUT2D eigenvalue weighted by atomic mass is 35.5. The molecule has 3 rings (SSSR count). The molecular weight excluding hydrogens is 393 g/mol. The average molecular weight is 408 g/mol. The second-order valence-corrected chi connectivity index (χ2v) is 6.36. The van der Waals surface area contributed by atoms with Crippen molar-refractivity contribution in [1.82, 2.24) is 5.16 Å². The summed E-state index contributed by atoms with van der Waals surface area (Å²) in [6.07, 6.45) is 0. The third-order valence-electron chi connectivity index (χ3n) is 3.68. The second kappa shape index (κ2) is 8.33. The van der Waals surface area contributed by atoms with E-state index in [-0.39, 0.29) is 12.2 Å². The monoisotopic (exact) mass is 407 g/mol.